The van der Waals surface area contributed by atoms with E-state index in [0.717, 1.165) is 0 Å². The Balaban J connectivity index is 2.49. The number of carbonyl (C=O) groups excluding carboxylic acids is 1. The van der Waals surface area contributed by atoms with Crippen LogP contribution in [0.4, 0.5) is 5.69 Å². The summed E-state index contributed by atoms with van der Waals surface area (Å²) in [5.74, 6) is -0.517. The highest BCUT2D eigenvalue weighted by Gasteiger charge is 2.08. The lowest BCUT2D eigenvalue weighted by molar-refractivity contribution is 0.100. The van der Waals surface area contributed by atoms with E-state index in [4.69, 9.17) is 22.4 Å². The van der Waals surface area contributed by atoms with Gasteiger partial charge in [-0.15, -0.1) is 0 Å². The van der Waals surface area contributed by atoms with Gasteiger partial charge in [-0.25, -0.2) is 0 Å². The van der Waals surface area contributed by atoms with Gasteiger partial charge >= 0.3 is 0 Å². The molecule has 1 amide bonds. The Kier molecular flexibility index (Phi) is 5.91. The minimum atomic E-state index is -0.517. The van der Waals surface area contributed by atoms with E-state index in [1.54, 1.807) is 19.1 Å². The van der Waals surface area contributed by atoms with Crippen LogP contribution in [0.2, 0.25) is 5.02 Å². The van der Waals surface area contributed by atoms with E-state index in [-0.39, 0.29) is 6.10 Å². The number of nitrogens with two attached hydrogens (primary N) is 1. The highest BCUT2D eigenvalue weighted by Crippen LogP contribution is 2.19. The molecule has 100 valence electrons. The first-order chi connectivity index (χ1) is 8.50. The van der Waals surface area contributed by atoms with Crippen LogP contribution in [0.25, 0.3) is 0 Å². The minimum Gasteiger partial charge on any atom is -0.392 e. The van der Waals surface area contributed by atoms with E-state index in [1.807, 2.05) is 0 Å². The van der Waals surface area contributed by atoms with Crippen molar-refractivity contribution in [1.29, 1.82) is 0 Å². The molecule has 1 rings (SSSR count). The maximum Gasteiger partial charge on any atom is 0.250 e. The van der Waals surface area contributed by atoms with Gasteiger partial charge in [0.05, 0.1) is 11.7 Å². The van der Waals surface area contributed by atoms with Gasteiger partial charge in [0.15, 0.2) is 0 Å². The van der Waals surface area contributed by atoms with Gasteiger partial charge in [0.25, 0.3) is 5.91 Å². The fraction of sp³-hybridized carbons (Fsp3) is 0.417. The number of hydrogen-bond donors (Lipinski definition) is 4. The maximum atomic E-state index is 11.2. The lowest BCUT2D eigenvalue weighted by Gasteiger charge is -2.11. The molecule has 0 radical (unpaired) electrons. The molecule has 5 nitrogen and oxygen atoms in total. The second-order valence-electron chi connectivity index (χ2n) is 4.03. The van der Waals surface area contributed by atoms with Crippen LogP contribution < -0.4 is 16.4 Å². The van der Waals surface area contributed by atoms with Crippen molar-refractivity contribution in [3.05, 3.63) is 28.8 Å². The maximum absolute atomic E-state index is 11.2. The molecule has 0 aliphatic rings. The van der Waals surface area contributed by atoms with E-state index < -0.39 is 5.91 Å². The number of halogens is 1. The van der Waals surface area contributed by atoms with Crippen molar-refractivity contribution in [3.63, 3.8) is 0 Å². The van der Waals surface area contributed by atoms with Crippen LogP contribution in [0.15, 0.2) is 18.2 Å². The summed E-state index contributed by atoms with van der Waals surface area (Å²) >= 11 is 5.80. The summed E-state index contributed by atoms with van der Waals surface area (Å²) in [6, 6.07) is 4.95. The van der Waals surface area contributed by atoms with Crippen LogP contribution in [0.3, 0.4) is 0 Å². The molecule has 1 atom stereocenters. The zero-order chi connectivity index (χ0) is 13.5. The zero-order valence-corrected chi connectivity index (χ0v) is 11.0. The molecule has 0 bridgehead atoms. The largest absolute Gasteiger partial charge is 0.392 e. The highest BCUT2D eigenvalue weighted by molar-refractivity contribution is 6.31. The summed E-state index contributed by atoms with van der Waals surface area (Å²) in [7, 11) is 0. The Hall–Kier alpha value is -1.30. The summed E-state index contributed by atoms with van der Waals surface area (Å²) < 4.78 is 0. The van der Waals surface area contributed by atoms with Gasteiger partial charge < -0.3 is 21.5 Å². The quantitative estimate of drug-likeness (QED) is 0.553. The van der Waals surface area contributed by atoms with Crippen LogP contribution >= 0.6 is 11.6 Å². The monoisotopic (exact) mass is 271 g/mol. The zero-order valence-electron chi connectivity index (χ0n) is 10.2. The molecular formula is C12H18ClN3O2. The van der Waals surface area contributed by atoms with Crippen LogP contribution in [-0.4, -0.2) is 36.8 Å². The number of anilines is 1. The fourth-order valence-electron chi connectivity index (χ4n) is 1.47. The standard InChI is InChI=1S/C12H18ClN3O2/c1-8(17)7-15-4-5-16-11-3-2-9(13)6-10(11)12(14)18/h2-3,6,8,15-17H,4-5,7H2,1H3,(H2,14,18). The van der Waals surface area contributed by atoms with Gasteiger partial charge in [-0.05, 0) is 25.1 Å². The molecule has 18 heavy (non-hydrogen) atoms. The van der Waals surface area contributed by atoms with Gasteiger partial charge in [0.1, 0.15) is 0 Å². The second kappa shape index (κ2) is 7.20. The van der Waals surface area contributed by atoms with Crippen molar-refractivity contribution in [2.45, 2.75) is 13.0 Å². The molecule has 0 aliphatic carbocycles. The molecule has 1 aromatic carbocycles. The van der Waals surface area contributed by atoms with Crippen molar-refractivity contribution >= 4 is 23.2 Å². The third-order valence-electron chi connectivity index (χ3n) is 2.30. The van der Waals surface area contributed by atoms with E-state index in [1.165, 1.54) is 6.07 Å². The van der Waals surface area contributed by atoms with Crippen molar-refractivity contribution in [2.24, 2.45) is 5.73 Å². The molecule has 5 N–H and O–H groups in total. The number of aliphatic hydroxyl groups excluding tert-OH is 1. The predicted molar refractivity (Wildman–Crippen MR) is 73.0 cm³/mol. The van der Waals surface area contributed by atoms with E-state index in [2.05, 4.69) is 10.6 Å². The molecule has 0 spiro atoms. The van der Waals surface area contributed by atoms with Crippen LogP contribution in [0, 0.1) is 0 Å². The number of carbonyl (C=O) groups is 1. The molecular weight excluding hydrogens is 254 g/mol. The highest BCUT2D eigenvalue weighted by atomic mass is 35.5. The SMILES string of the molecule is CC(O)CNCCNc1ccc(Cl)cc1C(N)=O. The number of primary amides is 1. The predicted octanol–water partition coefficient (Wildman–Crippen LogP) is 0.821. The van der Waals surface area contributed by atoms with Crippen molar-refractivity contribution < 1.29 is 9.90 Å². The molecule has 1 unspecified atom stereocenters. The van der Waals surface area contributed by atoms with Gasteiger partial charge in [-0.3, -0.25) is 4.79 Å². The molecule has 6 heteroatoms. The number of benzene rings is 1. The number of aliphatic hydroxyl groups is 1. The lowest BCUT2D eigenvalue weighted by atomic mass is 10.1. The molecule has 0 fully saturated rings. The van der Waals surface area contributed by atoms with Gasteiger partial charge in [0.2, 0.25) is 0 Å². The number of amides is 1. The minimum absolute atomic E-state index is 0.373. The lowest BCUT2D eigenvalue weighted by Crippen LogP contribution is -2.29. The fourth-order valence-corrected chi connectivity index (χ4v) is 1.64. The summed E-state index contributed by atoms with van der Waals surface area (Å²) in [6.45, 7) is 3.54. The molecule has 0 aromatic heterocycles. The van der Waals surface area contributed by atoms with E-state index in [0.29, 0.717) is 35.9 Å². The van der Waals surface area contributed by atoms with Gasteiger partial charge in [-0.2, -0.15) is 0 Å². The Bertz CT molecular complexity index is 410. The van der Waals surface area contributed by atoms with Crippen LogP contribution in [-0.2, 0) is 0 Å². The Labute approximate surface area is 111 Å². The average molecular weight is 272 g/mol. The average Bonchev–Trinajstić information content (AvgIpc) is 2.29. The number of hydrogen-bond acceptors (Lipinski definition) is 4. The molecule has 1 aromatic rings. The van der Waals surface area contributed by atoms with Crippen LogP contribution in [0.5, 0.6) is 0 Å². The molecule has 0 heterocycles. The smallest absolute Gasteiger partial charge is 0.250 e. The summed E-state index contributed by atoms with van der Waals surface area (Å²) in [4.78, 5) is 11.2. The Morgan fingerprint density at radius 3 is 2.83 bits per heavy atom. The Morgan fingerprint density at radius 1 is 1.50 bits per heavy atom. The molecule has 0 saturated carbocycles. The van der Waals surface area contributed by atoms with Crippen molar-refractivity contribution in [2.75, 3.05) is 25.0 Å². The first-order valence-electron chi connectivity index (χ1n) is 5.72. The second-order valence-corrected chi connectivity index (χ2v) is 4.47. The first kappa shape index (κ1) is 14.8. The van der Waals surface area contributed by atoms with Crippen LogP contribution in [0.1, 0.15) is 17.3 Å². The Morgan fingerprint density at radius 2 is 2.22 bits per heavy atom. The molecule has 0 aliphatic heterocycles. The normalized spacial score (nSPS) is 12.2. The summed E-state index contributed by atoms with van der Waals surface area (Å²) in [5, 5.41) is 15.7. The van der Waals surface area contributed by atoms with E-state index >= 15 is 0 Å². The van der Waals surface area contributed by atoms with Gasteiger partial charge in [-0.1, -0.05) is 11.6 Å². The van der Waals surface area contributed by atoms with Crippen molar-refractivity contribution in [3.8, 4) is 0 Å². The summed E-state index contributed by atoms with van der Waals surface area (Å²) in [6.07, 6.45) is -0.373. The molecule has 0 saturated heterocycles. The number of nitrogens with one attached hydrogen (secondary N) is 2. The third-order valence-corrected chi connectivity index (χ3v) is 2.54. The topological polar surface area (TPSA) is 87.4 Å². The summed E-state index contributed by atoms with van der Waals surface area (Å²) in [5.41, 5.74) is 6.30. The van der Waals surface area contributed by atoms with Gasteiger partial charge in [0, 0.05) is 30.3 Å². The number of rotatable bonds is 7. The van der Waals surface area contributed by atoms with E-state index in [9.17, 15) is 4.79 Å². The van der Waals surface area contributed by atoms with Crippen molar-refractivity contribution in [1.82, 2.24) is 5.32 Å². The first-order valence-corrected chi connectivity index (χ1v) is 6.10. The third kappa shape index (κ3) is 4.91.